The highest BCUT2D eigenvalue weighted by molar-refractivity contribution is 6.07. The van der Waals surface area contributed by atoms with Gasteiger partial charge in [0.05, 0.1) is 24.9 Å². The van der Waals surface area contributed by atoms with Crippen LogP contribution in [0, 0.1) is 0 Å². The third-order valence-electron chi connectivity index (χ3n) is 4.69. The Morgan fingerprint density at radius 3 is 2.62 bits per heavy atom. The molecule has 0 aliphatic carbocycles. The standard InChI is InChI=1S/C23H20N2O4/c1-28-20-10-6-5-9-18(20)23(27)24-17-11-12-21-19(13-17)25(22(26)15-29-21)14-16-7-3-2-4-8-16/h2-13H,14-15H2,1H3,(H,24,27). The van der Waals surface area contributed by atoms with E-state index < -0.39 is 0 Å². The van der Waals surface area contributed by atoms with E-state index in [0.717, 1.165) is 5.56 Å². The molecule has 0 aromatic heterocycles. The molecule has 0 radical (unpaired) electrons. The van der Waals surface area contributed by atoms with Crippen molar-refractivity contribution in [3.8, 4) is 11.5 Å². The molecule has 6 nitrogen and oxygen atoms in total. The minimum absolute atomic E-state index is 0.00719. The van der Waals surface area contributed by atoms with E-state index in [4.69, 9.17) is 9.47 Å². The van der Waals surface area contributed by atoms with Crippen LogP contribution >= 0.6 is 0 Å². The molecule has 1 aliphatic rings. The molecular formula is C23H20N2O4. The topological polar surface area (TPSA) is 67.9 Å². The molecule has 3 aromatic carbocycles. The molecule has 0 unspecified atom stereocenters. The molecule has 3 aromatic rings. The van der Waals surface area contributed by atoms with Crippen LogP contribution in [0.1, 0.15) is 15.9 Å². The number of hydrogen-bond donors (Lipinski definition) is 1. The van der Waals surface area contributed by atoms with Gasteiger partial charge in [-0.15, -0.1) is 0 Å². The Labute approximate surface area is 168 Å². The Morgan fingerprint density at radius 1 is 1.07 bits per heavy atom. The monoisotopic (exact) mass is 388 g/mol. The van der Waals surface area contributed by atoms with E-state index >= 15 is 0 Å². The number of carbonyl (C=O) groups is 2. The molecule has 1 N–H and O–H groups in total. The van der Waals surface area contributed by atoms with E-state index in [-0.39, 0.29) is 18.4 Å². The van der Waals surface area contributed by atoms with E-state index in [0.29, 0.717) is 35.0 Å². The zero-order chi connectivity index (χ0) is 20.2. The summed E-state index contributed by atoms with van der Waals surface area (Å²) in [6, 6.07) is 22.0. The lowest BCUT2D eigenvalue weighted by Crippen LogP contribution is -2.38. The van der Waals surface area contributed by atoms with Crippen molar-refractivity contribution >= 4 is 23.2 Å². The fourth-order valence-electron chi connectivity index (χ4n) is 3.25. The van der Waals surface area contributed by atoms with E-state index in [1.165, 1.54) is 7.11 Å². The Kier molecular flexibility index (Phi) is 5.16. The molecule has 6 heteroatoms. The van der Waals surface area contributed by atoms with Crippen LogP contribution in [0.5, 0.6) is 11.5 Å². The van der Waals surface area contributed by atoms with Crippen molar-refractivity contribution in [3.05, 3.63) is 83.9 Å². The number of nitrogens with zero attached hydrogens (tertiary/aromatic N) is 1. The number of para-hydroxylation sites is 1. The fourth-order valence-corrected chi connectivity index (χ4v) is 3.25. The number of hydrogen-bond acceptors (Lipinski definition) is 4. The predicted octanol–water partition coefficient (Wildman–Crippen LogP) is 3.87. The average Bonchev–Trinajstić information content (AvgIpc) is 2.76. The van der Waals surface area contributed by atoms with E-state index in [9.17, 15) is 9.59 Å². The lowest BCUT2D eigenvalue weighted by atomic mass is 10.1. The van der Waals surface area contributed by atoms with Gasteiger partial charge in [0, 0.05) is 5.69 Å². The molecule has 0 atom stereocenters. The fraction of sp³-hybridized carbons (Fsp3) is 0.130. The van der Waals surface area contributed by atoms with Crippen molar-refractivity contribution < 1.29 is 19.1 Å². The van der Waals surface area contributed by atoms with Gasteiger partial charge in [-0.1, -0.05) is 42.5 Å². The molecule has 29 heavy (non-hydrogen) atoms. The number of benzene rings is 3. The number of amides is 2. The lowest BCUT2D eigenvalue weighted by Gasteiger charge is -2.30. The highest BCUT2D eigenvalue weighted by atomic mass is 16.5. The highest BCUT2D eigenvalue weighted by Crippen LogP contribution is 2.35. The summed E-state index contributed by atoms with van der Waals surface area (Å²) in [6.07, 6.45) is 0. The van der Waals surface area contributed by atoms with Crippen LogP contribution in [0.4, 0.5) is 11.4 Å². The van der Waals surface area contributed by atoms with Gasteiger partial charge in [-0.2, -0.15) is 0 Å². The van der Waals surface area contributed by atoms with Gasteiger partial charge in [-0.05, 0) is 35.9 Å². The van der Waals surface area contributed by atoms with Crippen molar-refractivity contribution in [2.24, 2.45) is 0 Å². The zero-order valence-corrected chi connectivity index (χ0v) is 15.9. The summed E-state index contributed by atoms with van der Waals surface area (Å²) in [6.45, 7) is 0.423. The number of ether oxygens (including phenoxy) is 2. The van der Waals surface area contributed by atoms with Crippen LogP contribution in [-0.2, 0) is 11.3 Å². The summed E-state index contributed by atoms with van der Waals surface area (Å²) in [5.41, 5.74) is 2.64. The van der Waals surface area contributed by atoms with Gasteiger partial charge >= 0.3 is 0 Å². The van der Waals surface area contributed by atoms with Crippen molar-refractivity contribution in [2.75, 3.05) is 23.9 Å². The van der Waals surface area contributed by atoms with Crippen LogP contribution in [0.2, 0.25) is 0 Å². The number of methoxy groups -OCH3 is 1. The van der Waals surface area contributed by atoms with E-state index in [1.807, 2.05) is 30.3 Å². The number of fused-ring (bicyclic) bond motifs is 1. The molecule has 1 heterocycles. The first kappa shape index (κ1) is 18.6. The number of nitrogens with one attached hydrogen (secondary N) is 1. The van der Waals surface area contributed by atoms with Gasteiger partial charge in [-0.25, -0.2) is 0 Å². The second kappa shape index (κ2) is 8.06. The molecule has 0 saturated carbocycles. The second-order valence-electron chi connectivity index (χ2n) is 6.59. The van der Waals surface area contributed by atoms with Crippen LogP contribution in [0.3, 0.4) is 0 Å². The average molecular weight is 388 g/mol. The van der Waals surface area contributed by atoms with Crippen LogP contribution in [-0.4, -0.2) is 25.5 Å². The largest absolute Gasteiger partial charge is 0.496 e. The summed E-state index contributed by atoms with van der Waals surface area (Å²) in [5.74, 6) is 0.678. The first-order valence-corrected chi connectivity index (χ1v) is 9.21. The van der Waals surface area contributed by atoms with Gasteiger partial charge in [-0.3, -0.25) is 9.59 Å². The Bertz CT molecular complexity index is 1050. The molecule has 2 amide bonds. The van der Waals surface area contributed by atoms with Gasteiger partial charge in [0.15, 0.2) is 6.61 Å². The molecule has 0 spiro atoms. The predicted molar refractivity (Wildman–Crippen MR) is 111 cm³/mol. The molecule has 146 valence electrons. The quantitative estimate of drug-likeness (QED) is 0.720. The number of carbonyl (C=O) groups excluding carboxylic acids is 2. The van der Waals surface area contributed by atoms with Crippen molar-refractivity contribution in [1.29, 1.82) is 0 Å². The maximum atomic E-state index is 12.7. The smallest absolute Gasteiger partial charge is 0.265 e. The third-order valence-corrected chi connectivity index (χ3v) is 4.69. The number of rotatable bonds is 5. The first-order valence-electron chi connectivity index (χ1n) is 9.21. The summed E-state index contributed by atoms with van der Waals surface area (Å²) < 4.78 is 10.8. The normalized spacial score (nSPS) is 12.7. The third kappa shape index (κ3) is 3.91. The Balaban J connectivity index is 1.61. The minimum atomic E-state index is -0.292. The Morgan fingerprint density at radius 2 is 1.83 bits per heavy atom. The summed E-state index contributed by atoms with van der Waals surface area (Å²) >= 11 is 0. The molecule has 4 rings (SSSR count). The molecular weight excluding hydrogens is 368 g/mol. The minimum Gasteiger partial charge on any atom is -0.496 e. The van der Waals surface area contributed by atoms with Crippen LogP contribution < -0.4 is 19.7 Å². The maximum absolute atomic E-state index is 12.7. The highest BCUT2D eigenvalue weighted by Gasteiger charge is 2.26. The molecule has 0 fully saturated rings. The lowest BCUT2D eigenvalue weighted by molar-refractivity contribution is -0.121. The maximum Gasteiger partial charge on any atom is 0.265 e. The van der Waals surface area contributed by atoms with Gasteiger partial charge in [0.25, 0.3) is 11.8 Å². The van der Waals surface area contributed by atoms with E-state index in [1.54, 1.807) is 47.4 Å². The van der Waals surface area contributed by atoms with Crippen LogP contribution in [0.15, 0.2) is 72.8 Å². The van der Waals surface area contributed by atoms with Crippen molar-refractivity contribution in [3.63, 3.8) is 0 Å². The summed E-state index contributed by atoms with van der Waals surface area (Å²) in [4.78, 5) is 26.9. The van der Waals surface area contributed by atoms with Gasteiger partial charge in [0.1, 0.15) is 11.5 Å². The van der Waals surface area contributed by atoms with Crippen LogP contribution in [0.25, 0.3) is 0 Å². The van der Waals surface area contributed by atoms with E-state index in [2.05, 4.69) is 5.32 Å². The summed E-state index contributed by atoms with van der Waals surface area (Å²) in [5, 5.41) is 2.87. The van der Waals surface area contributed by atoms with Crippen molar-refractivity contribution in [2.45, 2.75) is 6.54 Å². The zero-order valence-electron chi connectivity index (χ0n) is 15.9. The molecule has 0 saturated heterocycles. The van der Waals surface area contributed by atoms with Crippen molar-refractivity contribution in [1.82, 2.24) is 0 Å². The Hall–Kier alpha value is -3.80. The summed E-state index contributed by atoms with van der Waals surface area (Å²) in [7, 11) is 1.52. The SMILES string of the molecule is COc1ccccc1C(=O)Nc1ccc2c(c1)N(Cc1ccccc1)C(=O)CO2. The second-order valence-corrected chi connectivity index (χ2v) is 6.59. The van der Waals surface area contributed by atoms with Gasteiger partial charge in [0.2, 0.25) is 0 Å². The van der Waals surface area contributed by atoms with Gasteiger partial charge < -0.3 is 19.7 Å². The molecule has 0 bridgehead atoms. The molecule has 1 aliphatic heterocycles. The first-order chi connectivity index (χ1) is 14.2. The number of anilines is 2.